The molecule has 2 heterocycles. The standard InChI is InChI=1S/C20H17F2N5O5S/c1-23-33(29,30)26-16-8-14(21)7-13(19(16)22)11-27-10-12-4-5-15(9-17(12)32-20(27)28)31-18-3-2-6-24-25-18/h2-9,23,26H,10-11H2,1H3. The number of nitrogens with zero attached hydrogens (tertiary/aromatic N) is 3. The van der Waals surface area contributed by atoms with Crippen molar-refractivity contribution in [3.05, 3.63) is 71.4 Å². The molecular weight excluding hydrogens is 460 g/mol. The second kappa shape index (κ2) is 8.96. The predicted octanol–water partition coefficient (Wildman–Crippen LogP) is 2.94. The molecule has 10 nitrogen and oxygen atoms in total. The van der Waals surface area contributed by atoms with Crippen molar-refractivity contribution in [2.24, 2.45) is 0 Å². The van der Waals surface area contributed by atoms with Crippen molar-refractivity contribution in [2.75, 3.05) is 11.8 Å². The number of hydrogen-bond donors (Lipinski definition) is 2. The van der Waals surface area contributed by atoms with E-state index in [2.05, 4.69) is 10.2 Å². The maximum absolute atomic E-state index is 14.8. The van der Waals surface area contributed by atoms with E-state index in [1.165, 1.54) is 12.3 Å². The molecule has 0 saturated heterocycles. The minimum absolute atomic E-state index is 0.0487. The van der Waals surface area contributed by atoms with Gasteiger partial charge in [-0.25, -0.2) is 18.3 Å². The lowest BCUT2D eigenvalue weighted by Crippen LogP contribution is -2.36. The number of hydrogen-bond acceptors (Lipinski definition) is 7. The van der Waals surface area contributed by atoms with Crippen LogP contribution in [0, 0.1) is 11.6 Å². The fraction of sp³-hybridized carbons (Fsp3) is 0.150. The third kappa shape index (κ3) is 5.15. The van der Waals surface area contributed by atoms with Crippen LogP contribution in [-0.4, -0.2) is 36.7 Å². The molecule has 1 aromatic heterocycles. The van der Waals surface area contributed by atoms with Gasteiger partial charge in [0.2, 0.25) is 5.88 Å². The highest BCUT2D eigenvalue weighted by Gasteiger charge is 2.27. The normalized spacial score (nSPS) is 13.3. The molecule has 0 unspecified atom stereocenters. The number of carbonyl (C=O) groups is 1. The number of benzene rings is 2. The molecule has 0 bridgehead atoms. The highest BCUT2D eigenvalue weighted by Crippen LogP contribution is 2.33. The molecule has 1 amide bonds. The van der Waals surface area contributed by atoms with Crippen LogP contribution in [0.15, 0.2) is 48.7 Å². The summed E-state index contributed by atoms with van der Waals surface area (Å²) in [6.07, 6.45) is 0.705. The first kappa shape index (κ1) is 22.4. The molecule has 0 saturated carbocycles. The Morgan fingerprint density at radius 2 is 2.03 bits per heavy atom. The van der Waals surface area contributed by atoms with Crippen molar-refractivity contribution >= 4 is 22.0 Å². The second-order valence-corrected chi connectivity index (χ2v) is 8.51. The van der Waals surface area contributed by atoms with Gasteiger partial charge in [0.1, 0.15) is 17.3 Å². The van der Waals surface area contributed by atoms with Gasteiger partial charge in [0.15, 0.2) is 5.82 Å². The van der Waals surface area contributed by atoms with Gasteiger partial charge in [0, 0.05) is 42.6 Å². The lowest BCUT2D eigenvalue weighted by molar-refractivity contribution is 0.134. The SMILES string of the molecule is CNS(=O)(=O)Nc1cc(F)cc(CN2Cc3ccc(Oc4cccnn4)cc3OC2=O)c1F. The zero-order valence-corrected chi connectivity index (χ0v) is 17.9. The first-order valence-corrected chi connectivity index (χ1v) is 11.0. The fourth-order valence-corrected chi connectivity index (χ4v) is 3.61. The van der Waals surface area contributed by atoms with Gasteiger partial charge in [0.05, 0.1) is 18.8 Å². The fourth-order valence-electron chi connectivity index (χ4n) is 3.07. The molecular formula is C20H17F2N5O5S. The van der Waals surface area contributed by atoms with Crippen LogP contribution in [0.4, 0.5) is 19.3 Å². The third-order valence-corrected chi connectivity index (χ3v) is 5.64. The van der Waals surface area contributed by atoms with Gasteiger partial charge in [-0.1, -0.05) is 0 Å². The largest absolute Gasteiger partial charge is 0.437 e. The molecule has 0 aliphatic carbocycles. The second-order valence-electron chi connectivity index (χ2n) is 6.89. The maximum atomic E-state index is 14.8. The van der Waals surface area contributed by atoms with Crippen LogP contribution in [0.25, 0.3) is 0 Å². The van der Waals surface area contributed by atoms with E-state index < -0.39 is 33.6 Å². The van der Waals surface area contributed by atoms with Crippen molar-refractivity contribution in [3.8, 4) is 17.4 Å². The highest BCUT2D eigenvalue weighted by molar-refractivity contribution is 7.90. The monoisotopic (exact) mass is 477 g/mol. The Morgan fingerprint density at radius 1 is 1.21 bits per heavy atom. The number of anilines is 1. The quantitative estimate of drug-likeness (QED) is 0.536. The summed E-state index contributed by atoms with van der Waals surface area (Å²) in [7, 11) is -2.95. The molecule has 0 radical (unpaired) electrons. The summed E-state index contributed by atoms with van der Waals surface area (Å²) in [6, 6.07) is 9.65. The molecule has 3 aromatic rings. The van der Waals surface area contributed by atoms with Crippen LogP contribution in [0.3, 0.4) is 0 Å². The maximum Gasteiger partial charge on any atom is 0.415 e. The number of carbonyl (C=O) groups excluding carboxylic acids is 1. The zero-order valence-electron chi connectivity index (χ0n) is 17.1. The van der Waals surface area contributed by atoms with Crippen molar-refractivity contribution in [2.45, 2.75) is 13.1 Å². The summed E-state index contributed by atoms with van der Waals surface area (Å²) in [6.45, 7) is -0.304. The van der Waals surface area contributed by atoms with Crippen molar-refractivity contribution in [1.29, 1.82) is 0 Å². The molecule has 0 spiro atoms. The molecule has 0 atom stereocenters. The Bertz CT molecular complexity index is 1310. The minimum Gasteiger partial charge on any atom is -0.437 e. The molecule has 1 aliphatic heterocycles. The van der Waals surface area contributed by atoms with Gasteiger partial charge >= 0.3 is 6.09 Å². The van der Waals surface area contributed by atoms with Crippen LogP contribution >= 0.6 is 0 Å². The van der Waals surface area contributed by atoms with Gasteiger partial charge in [0.25, 0.3) is 10.2 Å². The number of halogens is 2. The topological polar surface area (TPSA) is 123 Å². The first-order chi connectivity index (χ1) is 15.7. The summed E-state index contributed by atoms with van der Waals surface area (Å²) in [4.78, 5) is 13.6. The van der Waals surface area contributed by atoms with Crippen molar-refractivity contribution in [1.82, 2.24) is 19.8 Å². The summed E-state index contributed by atoms with van der Waals surface area (Å²) in [5, 5.41) is 7.52. The van der Waals surface area contributed by atoms with Crippen molar-refractivity contribution in [3.63, 3.8) is 0 Å². The summed E-state index contributed by atoms with van der Waals surface area (Å²) in [5.41, 5.74) is -0.211. The molecule has 13 heteroatoms. The van der Waals surface area contributed by atoms with Crippen LogP contribution in [-0.2, 0) is 23.3 Å². The van der Waals surface area contributed by atoms with Crippen LogP contribution in [0.2, 0.25) is 0 Å². The Labute approximate surface area is 187 Å². The Hall–Kier alpha value is -3.84. The van der Waals surface area contributed by atoms with E-state index in [0.717, 1.165) is 18.0 Å². The van der Waals surface area contributed by atoms with Gasteiger partial charge in [-0.3, -0.25) is 9.62 Å². The van der Waals surface area contributed by atoms with Crippen LogP contribution in [0.5, 0.6) is 17.4 Å². The zero-order chi connectivity index (χ0) is 23.6. The first-order valence-electron chi connectivity index (χ1n) is 9.48. The lowest BCUT2D eigenvalue weighted by Gasteiger charge is -2.28. The molecule has 1 aliphatic rings. The smallest absolute Gasteiger partial charge is 0.415 e. The summed E-state index contributed by atoms with van der Waals surface area (Å²) < 4.78 is 66.9. The Kier molecular flexibility index (Phi) is 6.07. The summed E-state index contributed by atoms with van der Waals surface area (Å²) >= 11 is 0. The molecule has 0 fully saturated rings. The Balaban J connectivity index is 1.53. The molecule has 2 N–H and O–H groups in total. The third-order valence-electron chi connectivity index (χ3n) is 4.61. The van der Waals surface area contributed by atoms with E-state index in [1.54, 1.807) is 24.3 Å². The molecule has 2 aromatic carbocycles. The number of aromatic nitrogens is 2. The lowest BCUT2D eigenvalue weighted by atomic mass is 10.1. The van der Waals surface area contributed by atoms with E-state index >= 15 is 0 Å². The van der Waals surface area contributed by atoms with E-state index in [0.29, 0.717) is 17.4 Å². The predicted molar refractivity (Wildman–Crippen MR) is 112 cm³/mol. The van der Waals surface area contributed by atoms with E-state index in [4.69, 9.17) is 9.47 Å². The van der Waals surface area contributed by atoms with Crippen LogP contribution in [0.1, 0.15) is 11.1 Å². The van der Waals surface area contributed by atoms with E-state index in [9.17, 15) is 22.0 Å². The summed E-state index contributed by atoms with van der Waals surface area (Å²) in [5.74, 6) is -1.02. The number of amides is 1. The van der Waals surface area contributed by atoms with Gasteiger partial charge in [-0.15, -0.1) is 5.10 Å². The van der Waals surface area contributed by atoms with Gasteiger partial charge in [-0.2, -0.15) is 13.5 Å². The van der Waals surface area contributed by atoms with E-state index in [-0.39, 0.29) is 30.3 Å². The molecule has 33 heavy (non-hydrogen) atoms. The number of fused-ring (bicyclic) bond motifs is 1. The Morgan fingerprint density at radius 3 is 2.76 bits per heavy atom. The average molecular weight is 477 g/mol. The highest BCUT2D eigenvalue weighted by atomic mass is 32.2. The number of rotatable bonds is 7. The van der Waals surface area contributed by atoms with Crippen molar-refractivity contribution < 1.29 is 31.5 Å². The minimum atomic E-state index is -4.07. The molecule has 172 valence electrons. The van der Waals surface area contributed by atoms with E-state index in [1.807, 2.05) is 9.44 Å². The van der Waals surface area contributed by atoms with Gasteiger partial charge < -0.3 is 9.47 Å². The van der Waals surface area contributed by atoms with Crippen LogP contribution < -0.4 is 18.9 Å². The number of ether oxygens (including phenoxy) is 2. The molecule has 4 rings (SSSR count). The average Bonchev–Trinajstić information content (AvgIpc) is 2.78. The van der Waals surface area contributed by atoms with Gasteiger partial charge in [-0.05, 0) is 24.3 Å². The number of nitrogens with one attached hydrogen (secondary N) is 2.